The summed E-state index contributed by atoms with van der Waals surface area (Å²) in [6.07, 6.45) is 2.65. The van der Waals surface area contributed by atoms with E-state index in [1.54, 1.807) is 40.8 Å². The molecule has 4 rings (SSSR count). The number of pyridine rings is 1. The van der Waals surface area contributed by atoms with E-state index in [0.29, 0.717) is 22.1 Å². The molecular formula is C31H39ClFN5O4S. The van der Waals surface area contributed by atoms with E-state index in [1.807, 2.05) is 25.1 Å². The Morgan fingerprint density at radius 2 is 1.98 bits per heavy atom. The lowest BCUT2D eigenvalue weighted by Crippen LogP contribution is -2.52. The minimum atomic E-state index is -0.931. The third kappa shape index (κ3) is 7.45. The Labute approximate surface area is 261 Å². The maximum Gasteiger partial charge on any atom is 0.413 e. The summed E-state index contributed by atoms with van der Waals surface area (Å²) < 4.78 is 32.8. The third-order valence-corrected chi connectivity index (χ3v) is 8.16. The Morgan fingerprint density at radius 3 is 2.63 bits per heavy atom. The molecule has 1 saturated heterocycles. The summed E-state index contributed by atoms with van der Waals surface area (Å²) >= 11 is 7.90. The zero-order valence-corrected chi connectivity index (χ0v) is 27.4. The first-order chi connectivity index (χ1) is 20.1. The fourth-order valence-electron chi connectivity index (χ4n) is 4.92. The molecule has 2 aromatic heterocycles. The fourth-order valence-corrected chi connectivity index (χ4v) is 6.09. The standard InChI is InChI=1S/C31H39ClFN5O4S/c1-10-13-37(18(2)3)26-14-20(11-12-34-26)27-35-36-28(43-27)21-15-23(33)25(16-22(21)32)40-17-24-19(4)41-31(8,9)38(24)29(39)42-30(5,6)7/h10-12,14-16,18-19,24H,1,13,17H2,2-9H3/t19-,24+/m1/s1. The van der Waals surface area contributed by atoms with Gasteiger partial charge in [0.15, 0.2) is 11.6 Å². The molecule has 1 aromatic carbocycles. The van der Waals surface area contributed by atoms with Crippen LogP contribution in [0.1, 0.15) is 55.4 Å². The van der Waals surface area contributed by atoms with Crippen molar-refractivity contribution in [1.82, 2.24) is 20.1 Å². The van der Waals surface area contributed by atoms with E-state index in [4.69, 9.17) is 25.8 Å². The first-order valence-corrected chi connectivity index (χ1v) is 15.3. The lowest BCUT2D eigenvalue weighted by Gasteiger charge is -2.35. The number of ether oxygens (including phenoxy) is 3. The van der Waals surface area contributed by atoms with E-state index < -0.39 is 29.3 Å². The quantitative estimate of drug-likeness (QED) is 0.223. The summed E-state index contributed by atoms with van der Waals surface area (Å²) in [5.41, 5.74) is -0.386. The lowest BCUT2D eigenvalue weighted by molar-refractivity contribution is -0.0760. The lowest BCUT2D eigenvalue weighted by atomic mass is 10.1. The minimum absolute atomic E-state index is 0.0248. The van der Waals surface area contributed by atoms with E-state index >= 15 is 4.39 Å². The number of hydrogen-bond donors (Lipinski definition) is 0. The van der Waals surface area contributed by atoms with Gasteiger partial charge in [-0.3, -0.25) is 4.90 Å². The molecule has 2 atom stereocenters. The van der Waals surface area contributed by atoms with Gasteiger partial charge in [-0.2, -0.15) is 0 Å². The van der Waals surface area contributed by atoms with Gasteiger partial charge in [-0.25, -0.2) is 14.2 Å². The molecule has 0 saturated carbocycles. The van der Waals surface area contributed by atoms with Crippen molar-refractivity contribution in [3.63, 3.8) is 0 Å². The van der Waals surface area contributed by atoms with Crippen molar-refractivity contribution in [2.75, 3.05) is 18.1 Å². The van der Waals surface area contributed by atoms with Gasteiger partial charge in [0, 0.05) is 36.0 Å². The first-order valence-electron chi connectivity index (χ1n) is 14.1. The van der Waals surface area contributed by atoms with E-state index in [9.17, 15) is 4.79 Å². The van der Waals surface area contributed by atoms with Gasteiger partial charge in [0.05, 0.1) is 17.2 Å². The van der Waals surface area contributed by atoms with Crippen LogP contribution in [-0.2, 0) is 9.47 Å². The maximum atomic E-state index is 15.4. The highest BCUT2D eigenvalue weighted by atomic mass is 35.5. The monoisotopic (exact) mass is 631 g/mol. The molecule has 0 radical (unpaired) electrons. The first kappa shape index (κ1) is 32.6. The number of rotatable bonds is 9. The van der Waals surface area contributed by atoms with Gasteiger partial charge in [0.25, 0.3) is 0 Å². The number of nitrogens with zero attached hydrogens (tertiary/aromatic N) is 5. The largest absolute Gasteiger partial charge is 0.488 e. The van der Waals surface area contributed by atoms with Gasteiger partial charge in [-0.15, -0.1) is 16.8 Å². The molecule has 3 heterocycles. The molecule has 0 bridgehead atoms. The van der Waals surface area contributed by atoms with Gasteiger partial charge in [-0.1, -0.05) is 29.0 Å². The summed E-state index contributed by atoms with van der Waals surface area (Å²) in [7, 11) is 0. The maximum absolute atomic E-state index is 15.4. The molecule has 0 N–H and O–H groups in total. The second-order valence-corrected chi connectivity index (χ2v) is 13.5. The highest BCUT2D eigenvalue weighted by Crippen LogP contribution is 2.39. The third-order valence-electron chi connectivity index (χ3n) is 6.84. The van der Waals surface area contributed by atoms with Crippen LogP contribution in [-0.4, -0.2) is 68.8 Å². The number of amides is 1. The van der Waals surface area contributed by atoms with Crippen LogP contribution in [0.25, 0.3) is 21.1 Å². The smallest absolute Gasteiger partial charge is 0.413 e. The molecule has 1 aliphatic heterocycles. The zero-order chi connectivity index (χ0) is 31.7. The summed E-state index contributed by atoms with van der Waals surface area (Å²) in [5, 5.41) is 9.99. The number of halogens is 2. The van der Waals surface area contributed by atoms with Crippen molar-refractivity contribution in [2.24, 2.45) is 0 Å². The van der Waals surface area contributed by atoms with E-state index in [1.165, 1.54) is 28.4 Å². The number of carbonyl (C=O) groups is 1. The molecule has 0 aliphatic carbocycles. The molecule has 12 heteroatoms. The highest BCUT2D eigenvalue weighted by molar-refractivity contribution is 7.18. The molecule has 0 unspecified atom stereocenters. The SMILES string of the molecule is C=CCN(c1cc(-c2nnc(-c3cc(F)c(OC[C@H]4[C@@H](C)OC(C)(C)N4C(=O)OC(C)(C)C)cc3Cl)s2)ccn1)C(C)C. The molecular weight excluding hydrogens is 593 g/mol. The number of hydrogen-bond acceptors (Lipinski definition) is 9. The average Bonchev–Trinajstić information content (AvgIpc) is 3.48. The van der Waals surface area contributed by atoms with E-state index in [2.05, 4.69) is 40.5 Å². The van der Waals surface area contributed by atoms with Crippen molar-refractivity contribution in [3.05, 3.63) is 54.0 Å². The summed E-state index contributed by atoms with van der Waals surface area (Å²) in [6, 6.07) is 6.21. The predicted octanol–water partition coefficient (Wildman–Crippen LogP) is 7.60. The van der Waals surface area contributed by atoms with Crippen LogP contribution < -0.4 is 9.64 Å². The summed E-state index contributed by atoms with van der Waals surface area (Å²) in [5.74, 6) is 0.133. The zero-order valence-electron chi connectivity index (χ0n) is 25.9. The van der Waals surface area contributed by atoms with Crippen molar-refractivity contribution in [3.8, 4) is 26.9 Å². The number of anilines is 1. The molecule has 9 nitrogen and oxygen atoms in total. The van der Waals surface area contributed by atoms with Gasteiger partial charge in [-0.05, 0) is 73.6 Å². The fraction of sp³-hybridized carbons (Fsp3) is 0.484. The summed E-state index contributed by atoms with van der Waals surface area (Å²) in [6.45, 7) is 19.4. The Balaban J connectivity index is 1.53. The molecule has 0 spiro atoms. The van der Waals surface area contributed by atoms with Gasteiger partial charge in [0.2, 0.25) is 0 Å². The highest BCUT2D eigenvalue weighted by Gasteiger charge is 2.50. The molecule has 1 amide bonds. The Bertz CT molecular complexity index is 1470. The van der Waals surface area contributed by atoms with Crippen LogP contribution in [0, 0.1) is 5.82 Å². The van der Waals surface area contributed by atoms with E-state index in [-0.39, 0.29) is 29.5 Å². The average molecular weight is 632 g/mol. The van der Waals surface area contributed by atoms with Crippen molar-refractivity contribution < 1.29 is 23.4 Å². The second-order valence-electron chi connectivity index (χ2n) is 12.1. The minimum Gasteiger partial charge on any atom is -0.488 e. The molecule has 3 aromatic rings. The molecule has 43 heavy (non-hydrogen) atoms. The van der Waals surface area contributed by atoms with Crippen molar-refractivity contribution in [1.29, 1.82) is 0 Å². The van der Waals surface area contributed by atoms with Gasteiger partial charge in [0.1, 0.15) is 33.8 Å². The molecule has 232 valence electrons. The second kappa shape index (κ2) is 12.8. The van der Waals surface area contributed by atoms with E-state index in [0.717, 1.165) is 11.4 Å². The van der Waals surface area contributed by atoms with Crippen LogP contribution in [0.15, 0.2) is 43.1 Å². The Kier molecular flexibility index (Phi) is 9.68. The number of benzene rings is 1. The predicted molar refractivity (Wildman–Crippen MR) is 168 cm³/mol. The van der Waals surface area contributed by atoms with Crippen molar-refractivity contribution >= 4 is 34.8 Å². The Morgan fingerprint density at radius 1 is 1.28 bits per heavy atom. The van der Waals surface area contributed by atoms with Crippen LogP contribution in [0.3, 0.4) is 0 Å². The van der Waals surface area contributed by atoms with Crippen LogP contribution in [0.4, 0.5) is 15.0 Å². The molecule has 1 aliphatic rings. The van der Waals surface area contributed by atoms with Gasteiger partial charge < -0.3 is 19.1 Å². The van der Waals surface area contributed by atoms with Crippen LogP contribution in [0.2, 0.25) is 5.02 Å². The topological polar surface area (TPSA) is 89.9 Å². The molecule has 1 fully saturated rings. The number of aromatic nitrogens is 3. The number of carbonyl (C=O) groups excluding carboxylic acids is 1. The normalized spacial score (nSPS) is 18.2. The Hall–Kier alpha value is -3.28. The van der Waals surface area contributed by atoms with Crippen LogP contribution >= 0.6 is 22.9 Å². The van der Waals surface area contributed by atoms with Crippen LogP contribution in [0.5, 0.6) is 5.75 Å². The van der Waals surface area contributed by atoms with Crippen molar-refractivity contribution in [2.45, 2.75) is 84.9 Å². The van der Waals surface area contributed by atoms with Gasteiger partial charge >= 0.3 is 6.09 Å². The summed E-state index contributed by atoms with van der Waals surface area (Å²) in [4.78, 5) is 21.2.